The summed E-state index contributed by atoms with van der Waals surface area (Å²) in [6.07, 6.45) is 5.96. The van der Waals surface area contributed by atoms with E-state index in [0.29, 0.717) is 52.2 Å². The molecule has 36 heavy (non-hydrogen) atoms. The molecule has 2 aromatic heterocycles. The number of hydrogen-bond acceptors (Lipinski definition) is 7. The molecule has 184 valence electrons. The summed E-state index contributed by atoms with van der Waals surface area (Å²) in [7, 11) is 0. The Morgan fingerprint density at radius 3 is 2.58 bits per heavy atom. The first-order chi connectivity index (χ1) is 17.5. The van der Waals surface area contributed by atoms with Crippen molar-refractivity contribution in [3.8, 4) is 22.8 Å². The largest absolute Gasteiger partial charge is 0.457 e. The molecule has 0 aliphatic carbocycles. The van der Waals surface area contributed by atoms with Gasteiger partial charge in [0.05, 0.1) is 18.0 Å². The molecule has 0 saturated carbocycles. The number of piperidine rings is 1. The summed E-state index contributed by atoms with van der Waals surface area (Å²) in [5.74, 6) is 1.57. The van der Waals surface area contributed by atoms with Crippen molar-refractivity contribution in [2.75, 3.05) is 25.4 Å². The van der Waals surface area contributed by atoms with Crippen LogP contribution in [0, 0.1) is 0 Å². The Morgan fingerprint density at radius 2 is 1.86 bits per heavy atom. The van der Waals surface area contributed by atoms with Gasteiger partial charge in [-0.3, -0.25) is 4.79 Å². The van der Waals surface area contributed by atoms with Gasteiger partial charge in [-0.1, -0.05) is 17.7 Å². The molecule has 1 amide bonds. The first-order valence-electron chi connectivity index (χ1n) is 11.6. The maximum atomic E-state index is 12.5. The highest BCUT2D eigenvalue weighted by Gasteiger charge is 2.28. The van der Waals surface area contributed by atoms with Crippen LogP contribution in [0.4, 0.5) is 5.82 Å². The van der Waals surface area contributed by atoms with Gasteiger partial charge in [0.15, 0.2) is 5.65 Å². The number of amides is 1. The van der Waals surface area contributed by atoms with Gasteiger partial charge in [-0.25, -0.2) is 14.6 Å². The van der Waals surface area contributed by atoms with Gasteiger partial charge in [0.1, 0.15) is 29.3 Å². The molecule has 5 rings (SSSR count). The van der Waals surface area contributed by atoms with Crippen molar-refractivity contribution >= 4 is 34.4 Å². The number of hydrogen-bond donors (Lipinski definition) is 2. The van der Waals surface area contributed by atoms with Gasteiger partial charge in [0, 0.05) is 29.8 Å². The van der Waals surface area contributed by atoms with Gasteiger partial charge < -0.3 is 20.5 Å². The molecule has 4 aromatic rings. The molecule has 9 nitrogen and oxygen atoms in total. The van der Waals surface area contributed by atoms with Gasteiger partial charge in [-0.15, -0.1) is 0 Å². The maximum absolute atomic E-state index is 12.5. The fourth-order valence-electron chi connectivity index (χ4n) is 4.39. The van der Waals surface area contributed by atoms with Crippen LogP contribution in [0.25, 0.3) is 22.3 Å². The molecule has 1 aliphatic rings. The lowest BCUT2D eigenvalue weighted by molar-refractivity contribution is -0.127. The number of nitrogens with zero attached hydrogens (tertiary/aromatic N) is 5. The maximum Gasteiger partial charge on any atom is 0.246 e. The molecule has 1 saturated heterocycles. The molecule has 10 heteroatoms. The van der Waals surface area contributed by atoms with Crippen molar-refractivity contribution in [1.29, 1.82) is 0 Å². The van der Waals surface area contributed by atoms with E-state index < -0.39 is 0 Å². The van der Waals surface area contributed by atoms with Crippen molar-refractivity contribution in [3.63, 3.8) is 0 Å². The average molecular weight is 505 g/mol. The second kappa shape index (κ2) is 10.3. The predicted molar refractivity (Wildman–Crippen MR) is 138 cm³/mol. The lowest BCUT2D eigenvalue weighted by atomic mass is 10.1. The number of aromatic nitrogens is 4. The summed E-state index contributed by atoms with van der Waals surface area (Å²) in [6.45, 7) is 0.974. The number of carbonyl (C=O) groups is 1. The number of halogens is 1. The van der Waals surface area contributed by atoms with Crippen LogP contribution in [0.3, 0.4) is 0 Å². The van der Waals surface area contributed by atoms with E-state index in [1.807, 2.05) is 28.9 Å². The fourth-order valence-corrected chi connectivity index (χ4v) is 4.51. The lowest BCUT2D eigenvalue weighted by Crippen LogP contribution is -2.40. The Morgan fingerprint density at radius 1 is 1.14 bits per heavy atom. The zero-order chi connectivity index (χ0) is 25.1. The van der Waals surface area contributed by atoms with Crippen LogP contribution in [0.15, 0.2) is 67.0 Å². The number of benzene rings is 2. The monoisotopic (exact) mass is 504 g/mol. The Kier molecular flexibility index (Phi) is 6.84. The van der Waals surface area contributed by atoms with E-state index in [4.69, 9.17) is 32.3 Å². The summed E-state index contributed by atoms with van der Waals surface area (Å²) >= 11 is 5.95. The van der Waals surface area contributed by atoms with Crippen LogP contribution in [-0.4, -0.2) is 55.4 Å². The van der Waals surface area contributed by atoms with Crippen molar-refractivity contribution in [2.24, 2.45) is 0 Å². The minimum Gasteiger partial charge on any atom is -0.457 e. The number of nitrogen functional groups attached to an aromatic ring is 1. The number of carbonyl (C=O) groups excluding carboxylic acids is 1. The highest BCUT2D eigenvalue weighted by atomic mass is 35.5. The second-order valence-electron chi connectivity index (χ2n) is 8.50. The molecule has 1 atom stereocenters. The summed E-state index contributed by atoms with van der Waals surface area (Å²) in [6, 6.07) is 14.7. The molecule has 1 fully saturated rings. The standard InChI is InChI=1S/C26H25ClN6O3/c27-18-7-11-21(12-8-18)36-20-9-5-17(6-10-20)24-23-25(28)29-16-30-26(23)33(31-24)19-3-1-13-32(15-19)22(35)4-2-14-34/h2,4-12,16,19,34H,1,3,13-15H2,(H2,28,29,30)/b4-2+. The topological polar surface area (TPSA) is 119 Å². The summed E-state index contributed by atoms with van der Waals surface area (Å²) in [4.78, 5) is 22.9. The smallest absolute Gasteiger partial charge is 0.246 e. The normalized spacial score (nSPS) is 16.1. The van der Waals surface area contributed by atoms with E-state index >= 15 is 0 Å². The summed E-state index contributed by atoms with van der Waals surface area (Å²) in [5.41, 5.74) is 8.42. The number of aliphatic hydroxyl groups excluding tert-OH is 1. The van der Waals surface area contributed by atoms with E-state index in [0.717, 1.165) is 18.4 Å². The molecular weight excluding hydrogens is 480 g/mol. The Bertz CT molecular complexity index is 1400. The number of likely N-dealkylation sites (tertiary alicyclic amines) is 1. The molecule has 1 unspecified atom stereocenters. The van der Waals surface area contributed by atoms with Crippen LogP contribution in [0.5, 0.6) is 11.5 Å². The Labute approximate surface area is 212 Å². The quantitative estimate of drug-likeness (QED) is 0.377. The zero-order valence-electron chi connectivity index (χ0n) is 19.4. The number of aliphatic hydroxyl groups is 1. The Hall–Kier alpha value is -3.95. The average Bonchev–Trinajstić information content (AvgIpc) is 3.30. The number of ether oxygens (including phenoxy) is 1. The van der Waals surface area contributed by atoms with E-state index in [-0.39, 0.29) is 18.6 Å². The molecule has 0 spiro atoms. The number of fused-ring (bicyclic) bond motifs is 1. The van der Waals surface area contributed by atoms with Gasteiger partial charge >= 0.3 is 0 Å². The van der Waals surface area contributed by atoms with Gasteiger partial charge in [0.25, 0.3) is 0 Å². The number of rotatable bonds is 6. The molecule has 1 aliphatic heterocycles. The fraction of sp³-hybridized carbons (Fsp3) is 0.231. The van der Waals surface area contributed by atoms with Crippen molar-refractivity contribution < 1.29 is 14.6 Å². The summed E-state index contributed by atoms with van der Waals surface area (Å²) < 4.78 is 7.76. The van der Waals surface area contributed by atoms with Crippen LogP contribution in [0.2, 0.25) is 5.02 Å². The predicted octanol–water partition coefficient (Wildman–Crippen LogP) is 4.23. The highest BCUT2D eigenvalue weighted by Crippen LogP contribution is 2.35. The summed E-state index contributed by atoms with van der Waals surface area (Å²) in [5, 5.41) is 15.2. The second-order valence-corrected chi connectivity index (χ2v) is 8.93. The van der Waals surface area contributed by atoms with Crippen LogP contribution < -0.4 is 10.5 Å². The molecule has 0 bridgehead atoms. The molecule has 0 radical (unpaired) electrons. The lowest BCUT2D eigenvalue weighted by Gasteiger charge is -2.32. The van der Waals surface area contributed by atoms with E-state index in [9.17, 15) is 4.79 Å². The minimum absolute atomic E-state index is 0.0664. The molecular formula is C26H25ClN6O3. The third-order valence-corrected chi connectivity index (χ3v) is 6.37. The first-order valence-corrected chi connectivity index (χ1v) is 12.0. The van der Waals surface area contributed by atoms with Crippen molar-refractivity contribution in [1.82, 2.24) is 24.6 Å². The van der Waals surface area contributed by atoms with Gasteiger partial charge in [0.2, 0.25) is 5.91 Å². The van der Waals surface area contributed by atoms with Gasteiger partial charge in [-0.2, -0.15) is 5.10 Å². The molecule has 2 aromatic carbocycles. The van der Waals surface area contributed by atoms with Crippen LogP contribution in [0.1, 0.15) is 18.9 Å². The van der Waals surface area contributed by atoms with Crippen LogP contribution in [-0.2, 0) is 4.79 Å². The SMILES string of the molecule is Nc1ncnc2c1c(-c1ccc(Oc3ccc(Cl)cc3)cc1)nn2C1CCCN(C(=O)/C=C/CO)C1. The molecule has 3 heterocycles. The van der Waals surface area contributed by atoms with E-state index in [1.165, 1.54) is 18.5 Å². The Balaban J connectivity index is 1.45. The first kappa shape index (κ1) is 23.8. The van der Waals surface area contributed by atoms with Gasteiger partial charge in [-0.05, 0) is 61.4 Å². The van der Waals surface area contributed by atoms with E-state index in [2.05, 4.69) is 9.97 Å². The van der Waals surface area contributed by atoms with E-state index in [1.54, 1.807) is 29.2 Å². The van der Waals surface area contributed by atoms with Crippen molar-refractivity contribution in [3.05, 3.63) is 72.0 Å². The molecule has 3 N–H and O–H groups in total. The highest BCUT2D eigenvalue weighted by molar-refractivity contribution is 6.30. The van der Waals surface area contributed by atoms with Crippen molar-refractivity contribution in [2.45, 2.75) is 18.9 Å². The minimum atomic E-state index is -0.171. The third-order valence-electron chi connectivity index (χ3n) is 6.12. The number of nitrogens with two attached hydrogens (primary N) is 1. The number of anilines is 1. The zero-order valence-corrected chi connectivity index (χ0v) is 20.2. The third kappa shape index (κ3) is 4.89. The van der Waals surface area contributed by atoms with Crippen LogP contribution >= 0.6 is 11.6 Å².